The first-order valence-electron chi connectivity index (χ1n) is 10.2. The summed E-state index contributed by atoms with van der Waals surface area (Å²) in [6, 6.07) is 8.35. The average Bonchev–Trinajstić information content (AvgIpc) is 3.19. The Balaban J connectivity index is 1.82. The van der Waals surface area contributed by atoms with Crippen LogP contribution in [0.1, 0.15) is 57.2 Å². The van der Waals surface area contributed by atoms with Crippen molar-refractivity contribution in [3.05, 3.63) is 50.5 Å². The molecule has 0 aliphatic carbocycles. The zero-order chi connectivity index (χ0) is 21.0. The summed E-state index contributed by atoms with van der Waals surface area (Å²) in [6.07, 6.45) is 2.34. The summed E-state index contributed by atoms with van der Waals surface area (Å²) in [4.78, 5) is 17.5. The van der Waals surface area contributed by atoms with E-state index in [2.05, 4.69) is 65.4 Å². The van der Waals surface area contributed by atoms with Crippen LogP contribution in [-0.2, 0) is 6.54 Å². The molecule has 0 bridgehead atoms. The van der Waals surface area contributed by atoms with Crippen LogP contribution in [-0.4, -0.2) is 33.5 Å². The van der Waals surface area contributed by atoms with Gasteiger partial charge in [0.25, 0.3) is 5.56 Å². The second kappa shape index (κ2) is 9.26. The molecule has 0 fully saturated rings. The summed E-state index contributed by atoms with van der Waals surface area (Å²) in [7, 11) is 0. The zero-order valence-electron chi connectivity index (χ0n) is 17.2. The van der Waals surface area contributed by atoms with Crippen LogP contribution < -0.4 is 15.9 Å². The minimum absolute atomic E-state index is 0.0400. The Bertz CT molecular complexity index is 990. The highest BCUT2D eigenvalue weighted by molar-refractivity contribution is 7.71. The van der Waals surface area contributed by atoms with Gasteiger partial charge < -0.3 is 15.4 Å². The third kappa shape index (κ3) is 4.37. The minimum Gasteiger partial charge on any atom is -0.494 e. The number of hydrogen-bond acceptors (Lipinski definition) is 6. The maximum Gasteiger partial charge on any atom is 0.264 e. The summed E-state index contributed by atoms with van der Waals surface area (Å²) >= 11 is 5.22. The van der Waals surface area contributed by atoms with Crippen LogP contribution in [0.4, 0.5) is 5.69 Å². The molecule has 0 spiro atoms. The largest absolute Gasteiger partial charge is 0.494 e. The van der Waals surface area contributed by atoms with Gasteiger partial charge in [-0.25, -0.2) is 0 Å². The highest BCUT2D eigenvalue weighted by Gasteiger charge is 2.26. The Morgan fingerprint density at radius 3 is 2.55 bits per heavy atom. The van der Waals surface area contributed by atoms with Crippen molar-refractivity contribution < 1.29 is 5.11 Å². The van der Waals surface area contributed by atoms with Crippen molar-refractivity contribution in [3.63, 3.8) is 0 Å². The molecule has 8 heteroatoms. The van der Waals surface area contributed by atoms with E-state index in [1.54, 1.807) is 4.57 Å². The number of nitrogens with one attached hydrogen (secondary N) is 2. The van der Waals surface area contributed by atoms with Gasteiger partial charge in [-0.3, -0.25) is 14.3 Å². The van der Waals surface area contributed by atoms with Crippen LogP contribution >= 0.6 is 12.2 Å². The van der Waals surface area contributed by atoms with Crippen molar-refractivity contribution in [3.8, 4) is 5.88 Å². The highest BCUT2D eigenvalue weighted by Crippen LogP contribution is 2.28. The Morgan fingerprint density at radius 2 is 1.93 bits per heavy atom. The number of aromatic nitrogens is 2. The molecule has 0 radical (unpaired) electrons. The number of unbranched alkanes of at least 4 members (excludes halogenated alkanes) is 1. The lowest BCUT2D eigenvalue weighted by Gasteiger charge is -2.21. The molecule has 0 saturated carbocycles. The molecular formula is C21H29N5O2S. The van der Waals surface area contributed by atoms with Crippen molar-refractivity contribution >= 4 is 23.6 Å². The van der Waals surface area contributed by atoms with Crippen LogP contribution in [0.3, 0.4) is 0 Å². The number of anilines is 1. The first-order chi connectivity index (χ1) is 14.0. The van der Waals surface area contributed by atoms with Crippen LogP contribution in [0.15, 0.2) is 34.2 Å². The predicted octanol–water partition coefficient (Wildman–Crippen LogP) is 3.70. The molecule has 1 aromatic carbocycles. The Morgan fingerprint density at radius 1 is 1.24 bits per heavy atom. The van der Waals surface area contributed by atoms with Crippen LogP contribution in [0.25, 0.3) is 0 Å². The number of nitrogens with zero attached hydrogens (tertiary/aromatic N) is 3. The molecule has 1 atom stereocenters. The van der Waals surface area contributed by atoms with Crippen LogP contribution in [0.2, 0.25) is 0 Å². The maximum absolute atomic E-state index is 12.5. The molecule has 3 rings (SSSR count). The number of benzene rings is 1. The SMILES string of the molecule is CCCCn1c(O)c(C2=NNC(c3ccc(N(CC)CC)cc3)C2)c(=O)[nH]c1=S. The molecule has 2 heterocycles. The lowest BCUT2D eigenvalue weighted by Crippen LogP contribution is -2.23. The van der Waals surface area contributed by atoms with Gasteiger partial charge in [-0.05, 0) is 50.2 Å². The molecule has 1 aromatic heterocycles. The number of rotatable bonds is 8. The molecule has 0 amide bonds. The topological polar surface area (TPSA) is 85.7 Å². The molecule has 3 N–H and O–H groups in total. The number of aromatic hydroxyl groups is 1. The van der Waals surface area contributed by atoms with E-state index in [1.807, 2.05) is 0 Å². The summed E-state index contributed by atoms with van der Waals surface area (Å²) in [5.74, 6) is -0.106. The van der Waals surface area contributed by atoms with E-state index >= 15 is 0 Å². The van der Waals surface area contributed by atoms with E-state index in [1.165, 1.54) is 5.69 Å². The Kier molecular flexibility index (Phi) is 6.74. The third-order valence-electron chi connectivity index (χ3n) is 5.37. The second-order valence-corrected chi connectivity index (χ2v) is 7.56. The van der Waals surface area contributed by atoms with Gasteiger partial charge in [-0.1, -0.05) is 25.5 Å². The zero-order valence-corrected chi connectivity index (χ0v) is 18.1. The van der Waals surface area contributed by atoms with E-state index < -0.39 is 5.56 Å². The van der Waals surface area contributed by atoms with E-state index in [9.17, 15) is 9.90 Å². The van der Waals surface area contributed by atoms with Gasteiger partial charge in [0, 0.05) is 31.7 Å². The fourth-order valence-corrected chi connectivity index (χ4v) is 3.91. The van der Waals surface area contributed by atoms with Crippen LogP contribution in [0, 0.1) is 4.77 Å². The van der Waals surface area contributed by atoms with Gasteiger partial charge in [-0.2, -0.15) is 5.10 Å². The molecule has 29 heavy (non-hydrogen) atoms. The van der Waals surface area contributed by atoms with Crippen LogP contribution in [0.5, 0.6) is 5.88 Å². The molecule has 7 nitrogen and oxygen atoms in total. The average molecular weight is 416 g/mol. The van der Waals surface area contributed by atoms with Gasteiger partial charge in [0.05, 0.1) is 11.8 Å². The standard InChI is InChI=1S/C21H29N5O2S/c1-4-7-12-26-20(28)18(19(27)22-21(26)29)17-13-16(23-24-17)14-8-10-15(11-9-14)25(5-2)6-3/h8-11,16,23,28H,4-7,12-13H2,1-3H3,(H,22,27,29). The summed E-state index contributed by atoms with van der Waals surface area (Å²) in [6.45, 7) is 8.82. The van der Waals surface area contributed by atoms with E-state index in [0.717, 1.165) is 31.5 Å². The Hall–Kier alpha value is -2.61. The van der Waals surface area contributed by atoms with Gasteiger partial charge in [0.1, 0.15) is 5.56 Å². The predicted molar refractivity (Wildman–Crippen MR) is 119 cm³/mol. The molecule has 1 aliphatic rings. The summed E-state index contributed by atoms with van der Waals surface area (Å²) < 4.78 is 1.81. The van der Waals surface area contributed by atoms with Gasteiger partial charge >= 0.3 is 0 Å². The summed E-state index contributed by atoms with van der Waals surface area (Å²) in [5.41, 5.74) is 5.72. The Labute approximate surface area is 176 Å². The minimum atomic E-state index is -0.404. The van der Waals surface area contributed by atoms with E-state index in [4.69, 9.17) is 12.2 Å². The van der Waals surface area contributed by atoms with Crippen molar-refractivity contribution in [2.24, 2.45) is 5.10 Å². The maximum atomic E-state index is 12.5. The molecule has 1 unspecified atom stereocenters. The molecule has 156 valence electrons. The summed E-state index contributed by atoms with van der Waals surface area (Å²) in [5, 5.41) is 15.1. The molecular weight excluding hydrogens is 386 g/mol. The number of hydrazone groups is 1. The van der Waals surface area contributed by atoms with Crippen molar-refractivity contribution in [2.75, 3.05) is 18.0 Å². The lowest BCUT2D eigenvalue weighted by molar-refractivity contribution is 0.398. The second-order valence-electron chi connectivity index (χ2n) is 7.17. The van der Waals surface area contributed by atoms with E-state index in [-0.39, 0.29) is 22.3 Å². The third-order valence-corrected chi connectivity index (χ3v) is 5.70. The first kappa shape index (κ1) is 21.1. The van der Waals surface area contributed by atoms with E-state index in [0.29, 0.717) is 18.7 Å². The van der Waals surface area contributed by atoms with Gasteiger partial charge in [-0.15, -0.1) is 0 Å². The normalized spacial score (nSPS) is 15.8. The lowest BCUT2D eigenvalue weighted by atomic mass is 9.99. The van der Waals surface area contributed by atoms with Crippen molar-refractivity contribution in [1.29, 1.82) is 0 Å². The van der Waals surface area contributed by atoms with Gasteiger partial charge in [0.2, 0.25) is 5.88 Å². The number of aromatic amines is 1. The molecule has 1 aliphatic heterocycles. The fourth-order valence-electron chi connectivity index (χ4n) is 3.64. The fraction of sp³-hybridized carbons (Fsp3) is 0.476. The highest BCUT2D eigenvalue weighted by atomic mass is 32.1. The van der Waals surface area contributed by atoms with Crippen molar-refractivity contribution in [2.45, 2.75) is 52.6 Å². The first-order valence-corrected chi connectivity index (χ1v) is 10.6. The number of hydrogen-bond donors (Lipinski definition) is 3. The smallest absolute Gasteiger partial charge is 0.264 e. The number of H-pyrrole nitrogens is 1. The van der Waals surface area contributed by atoms with Gasteiger partial charge in [0.15, 0.2) is 4.77 Å². The quantitative estimate of drug-likeness (QED) is 0.573. The molecule has 0 saturated heterocycles. The van der Waals surface area contributed by atoms with Crippen molar-refractivity contribution in [1.82, 2.24) is 15.0 Å². The molecule has 2 aromatic rings. The monoisotopic (exact) mass is 415 g/mol.